The lowest BCUT2D eigenvalue weighted by Gasteiger charge is -2.10. The zero-order valence-corrected chi connectivity index (χ0v) is 10.3. The topological polar surface area (TPSA) is 59.4 Å². The highest BCUT2D eigenvalue weighted by Gasteiger charge is 2.16. The Bertz CT molecular complexity index is 613. The van der Waals surface area contributed by atoms with E-state index in [4.69, 9.17) is 9.84 Å². The van der Waals surface area contributed by atoms with Crippen LogP contribution in [0.1, 0.15) is 21.5 Å². The number of benzene rings is 1. The summed E-state index contributed by atoms with van der Waals surface area (Å²) in [4.78, 5) is 15.0. The zero-order chi connectivity index (χ0) is 13.8. The molecule has 0 atom stereocenters. The largest absolute Gasteiger partial charge is 0.477 e. The molecule has 98 valence electrons. The van der Waals surface area contributed by atoms with Crippen molar-refractivity contribution in [3.05, 3.63) is 59.0 Å². The van der Waals surface area contributed by atoms with Crippen LogP contribution in [0.25, 0.3) is 0 Å². The molecule has 0 saturated heterocycles. The Balaban J connectivity index is 2.23. The third-order valence-electron chi connectivity index (χ3n) is 2.66. The van der Waals surface area contributed by atoms with E-state index in [1.165, 1.54) is 12.3 Å². The summed E-state index contributed by atoms with van der Waals surface area (Å²) < 4.78 is 18.7. The van der Waals surface area contributed by atoms with E-state index in [1.54, 1.807) is 31.2 Å². The van der Waals surface area contributed by atoms with Gasteiger partial charge in [-0.05, 0) is 24.6 Å². The Morgan fingerprint density at radius 2 is 2.11 bits per heavy atom. The number of carboxylic acids is 1. The van der Waals surface area contributed by atoms with Gasteiger partial charge in [-0.15, -0.1) is 0 Å². The summed E-state index contributed by atoms with van der Waals surface area (Å²) in [6.45, 7) is 1.59. The van der Waals surface area contributed by atoms with Crippen LogP contribution >= 0.6 is 0 Å². The zero-order valence-electron chi connectivity index (χ0n) is 10.3. The number of carboxylic acid groups (broad SMARTS) is 1. The molecule has 0 saturated carbocycles. The molecule has 0 bridgehead atoms. The van der Waals surface area contributed by atoms with Gasteiger partial charge in [0, 0.05) is 11.8 Å². The first-order valence-corrected chi connectivity index (χ1v) is 5.64. The molecular weight excluding hydrogens is 249 g/mol. The Hall–Kier alpha value is -2.43. The fourth-order valence-corrected chi connectivity index (χ4v) is 1.66. The molecule has 0 spiro atoms. The molecule has 4 nitrogen and oxygen atoms in total. The summed E-state index contributed by atoms with van der Waals surface area (Å²) in [7, 11) is 0. The van der Waals surface area contributed by atoms with Crippen molar-refractivity contribution in [2.75, 3.05) is 0 Å². The van der Waals surface area contributed by atoms with E-state index in [0.29, 0.717) is 11.1 Å². The standard InChI is InChI=1S/C14H12FNO3/c1-9-6-7-16-13(12(9)14(17)18)19-8-10-4-2-3-5-11(10)15/h2-7H,8H2,1H3,(H,17,18). The van der Waals surface area contributed by atoms with Gasteiger partial charge in [-0.3, -0.25) is 0 Å². The van der Waals surface area contributed by atoms with Gasteiger partial charge < -0.3 is 9.84 Å². The van der Waals surface area contributed by atoms with Crippen molar-refractivity contribution >= 4 is 5.97 Å². The van der Waals surface area contributed by atoms with Crippen LogP contribution in [0.15, 0.2) is 36.5 Å². The molecule has 1 aromatic heterocycles. The molecule has 0 unspecified atom stereocenters. The maximum atomic E-state index is 13.4. The van der Waals surface area contributed by atoms with Gasteiger partial charge in [0.25, 0.3) is 0 Å². The lowest BCUT2D eigenvalue weighted by atomic mass is 10.1. The number of aromatic carboxylic acids is 1. The molecule has 2 aromatic rings. The fraction of sp³-hybridized carbons (Fsp3) is 0.143. The van der Waals surface area contributed by atoms with Gasteiger partial charge in [-0.1, -0.05) is 18.2 Å². The lowest BCUT2D eigenvalue weighted by molar-refractivity contribution is 0.0689. The highest BCUT2D eigenvalue weighted by atomic mass is 19.1. The van der Waals surface area contributed by atoms with E-state index in [9.17, 15) is 9.18 Å². The molecule has 1 aromatic carbocycles. The second-order valence-electron chi connectivity index (χ2n) is 3.99. The minimum Gasteiger partial charge on any atom is -0.477 e. The van der Waals surface area contributed by atoms with Crippen molar-refractivity contribution in [1.29, 1.82) is 0 Å². The fourth-order valence-electron chi connectivity index (χ4n) is 1.66. The number of hydrogen-bond acceptors (Lipinski definition) is 3. The average Bonchev–Trinajstić information content (AvgIpc) is 2.37. The van der Waals surface area contributed by atoms with Crippen LogP contribution in [0.4, 0.5) is 4.39 Å². The minimum absolute atomic E-state index is 0.00107. The average molecular weight is 261 g/mol. The van der Waals surface area contributed by atoms with E-state index >= 15 is 0 Å². The summed E-state index contributed by atoms with van der Waals surface area (Å²) >= 11 is 0. The minimum atomic E-state index is -1.12. The van der Waals surface area contributed by atoms with Crippen LogP contribution in [-0.4, -0.2) is 16.1 Å². The van der Waals surface area contributed by atoms with E-state index in [1.807, 2.05) is 0 Å². The number of aromatic nitrogens is 1. The van der Waals surface area contributed by atoms with Gasteiger partial charge in [-0.25, -0.2) is 14.2 Å². The first-order chi connectivity index (χ1) is 9.09. The maximum absolute atomic E-state index is 13.4. The molecule has 0 aliphatic heterocycles. The highest BCUT2D eigenvalue weighted by molar-refractivity contribution is 5.91. The number of carbonyl (C=O) groups is 1. The molecule has 1 N–H and O–H groups in total. The molecular formula is C14H12FNO3. The van der Waals surface area contributed by atoms with Gasteiger partial charge in [0.05, 0.1) is 0 Å². The predicted octanol–water partition coefficient (Wildman–Crippen LogP) is 2.81. The van der Waals surface area contributed by atoms with Crippen molar-refractivity contribution in [3.63, 3.8) is 0 Å². The van der Waals surface area contributed by atoms with Gasteiger partial charge in [0.1, 0.15) is 18.0 Å². The first-order valence-electron chi connectivity index (χ1n) is 5.64. The summed E-state index contributed by atoms with van der Waals surface area (Å²) in [5.74, 6) is -1.52. The van der Waals surface area contributed by atoms with Crippen molar-refractivity contribution in [2.45, 2.75) is 13.5 Å². The van der Waals surface area contributed by atoms with Gasteiger partial charge in [0.2, 0.25) is 5.88 Å². The van der Waals surface area contributed by atoms with Crippen molar-refractivity contribution in [3.8, 4) is 5.88 Å². The maximum Gasteiger partial charge on any atom is 0.341 e. The number of pyridine rings is 1. The molecule has 0 aliphatic rings. The van der Waals surface area contributed by atoms with Crippen molar-refractivity contribution < 1.29 is 19.0 Å². The quantitative estimate of drug-likeness (QED) is 0.919. The summed E-state index contributed by atoms with van der Waals surface area (Å²) in [6.07, 6.45) is 1.46. The van der Waals surface area contributed by atoms with Crippen LogP contribution in [0.3, 0.4) is 0 Å². The molecule has 5 heteroatoms. The van der Waals surface area contributed by atoms with E-state index in [2.05, 4.69) is 4.98 Å². The Morgan fingerprint density at radius 3 is 2.79 bits per heavy atom. The van der Waals surface area contributed by atoms with E-state index in [0.717, 1.165) is 0 Å². The molecule has 1 heterocycles. The molecule has 0 amide bonds. The lowest BCUT2D eigenvalue weighted by Crippen LogP contribution is -2.08. The summed E-state index contributed by atoms with van der Waals surface area (Å²) in [6, 6.07) is 7.74. The van der Waals surface area contributed by atoms with Crippen LogP contribution < -0.4 is 4.74 Å². The van der Waals surface area contributed by atoms with Crippen LogP contribution in [-0.2, 0) is 6.61 Å². The molecule has 0 aliphatic carbocycles. The van der Waals surface area contributed by atoms with Crippen molar-refractivity contribution in [1.82, 2.24) is 4.98 Å². The molecule has 0 fully saturated rings. The van der Waals surface area contributed by atoms with Crippen molar-refractivity contribution in [2.24, 2.45) is 0 Å². The number of aryl methyl sites for hydroxylation is 1. The summed E-state index contributed by atoms with van der Waals surface area (Å²) in [5, 5.41) is 9.10. The smallest absolute Gasteiger partial charge is 0.341 e. The third kappa shape index (κ3) is 2.88. The molecule has 0 radical (unpaired) electrons. The van der Waals surface area contributed by atoms with E-state index in [-0.39, 0.29) is 18.1 Å². The monoisotopic (exact) mass is 261 g/mol. The predicted molar refractivity (Wildman–Crippen MR) is 66.7 cm³/mol. The second-order valence-corrected chi connectivity index (χ2v) is 3.99. The van der Waals surface area contributed by atoms with Gasteiger partial charge >= 0.3 is 5.97 Å². The first kappa shape index (κ1) is 13.0. The third-order valence-corrected chi connectivity index (χ3v) is 2.66. The molecule has 19 heavy (non-hydrogen) atoms. The number of halogens is 1. The van der Waals surface area contributed by atoms with Crippen LogP contribution in [0, 0.1) is 12.7 Å². The van der Waals surface area contributed by atoms with Crippen LogP contribution in [0.2, 0.25) is 0 Å². The SMILES string of the molecule is Cc1ccnc(OCc2ccccc2F)c1C(=O)O. The number of ether oxygens (including phenoxy) is 1. The van der Waals surface area contributed by atoms with Gasteiger partial charge in [-0.2, -0.15) is 0 Å². The Kier molecular flexibility index (Phi) is 3.75. The number of hydrogen-bond donors (Lipinski definition) is 1. The normalized spacial score (nSPS) is 10.2. The number of rotatable bonds is 4. The van der Waals surface area contributed by atoms with Gasteiger partial charge in [0.15, 0.2) is 0 Å². The Morgan fingerprint density at radius 1 is 1.37 bits per heavy atom. The highest BCUT2D eigenvalue weighted by Crippen LogP contribution is 2.20. The second kappa shape index (κ2) is 5.48. The van der Waals surface area contributed by atoms with Crippen LogP contribution in [0.5, 0.6) is 5.88 Å². The number of nitrogens with zero attached hydrogens (tertiary/aromatic N) is 1. The Labute approximate surface area is 109 Å². The van der Waals surface area contributed by atoms with E-state index < -0.39 is 11.8 Å². The molecule has 2 rings (SSSR count). The summed E-state index contributed by atoms with van der Waals surface area (Å²) in [5.41, 5.74) is 0.895.